The zero-order chi connectivity index (χ0) is 15.8. The third kappa shape index (κ3) is 2.82. The third-order valence-electron chi connectivity index (χ3n) is 4.38. The summed E-state index contributed by atoms with van der Waals surface area (Å²) in [7, 11) is 0. The highest BCUT2D eigenvalue weighted by Gasteiger charge is 2.27. The maximum Gasteiger partial charge on any atom is 0.148 e. The highest BCUT2D eigenvalue weighted by Crippen LogP contribution is 2.26. The van der Waals surface area contributed by atoms with Gasteiger partial charge in [-0.25, -0.2) is 9.97 Å². The summed E-state index contributed by atoms with van der Waals surface area (Å²) in [4.78, 5) is 12.9. The van der Waals surface area contributed by atoms with Crippen molar-refractivity contribution in [2.75, 3.05) is 18.0 Å². The molecule has 3 heterocycles. The quantitative estimate of drug-likeness (QED) is 0.783. The second-order valence-corrected chi connectivity index (χ2v) is 7.12. The van der Waals surface area contributed by atoms with E-state index in [1.54, 1.807) is 11.3 Å². The van der Waals surface area contributed by atoms with E-state index in [1.165, 1.54) is 11.3 Å². The summed E-state index contributed by atoms with van der Waals surface area (Å²) < 4.78 is 0. The fourth-order valence-corrected chi connectivity index (χ4v) is 4.03. The molecule has 0 bridgehead atoms. The molecule has 4 rings (SSSR count). The van der Waals surface area contributed by atoms with Crippen LogP contribution in [0, 0.1) is 6.92 Å². The molecular formula is C18H20N4S. The second-order valence-electron chi connectivity index (χ2n) is 6.22. The molecule has 1 fully saturated rings. The Hall–Kier alpha value is -1.98. The van der Waals surface area contributed by atoms with Gasteiger partial charge in [-0.2, -0.15) is 0 Å². The van der Waals surface area contributed by atoms with Crippen LogP contribution in [0.3, 0.4) is 0 Å². The average Bonchev–Trinajstić information content (AvgIpc) is 3.02. The molecule has 0 spiro atoms. The number of fused-ring (bicyclic) bond motifs is 1. The van der Waals surface area contributed by atoms with E-state index in [-0.39, 0.29) is 6.04 Å². The molecule has 0 saturated carbocycles. The Bertz CT molecular complexity index is 829. The first kappa shape index (κ1) is 14.6. The van der Waals surface area contributed by atoms with Crippen molar-refractivity contribution in [3.05, 3.63) is 53.3 Å². The first-order valence-corrected chi connectivity index (χ1v) is 8.85. The van der Waals surface area contributed by atoms with Crippen molar-refractivity contribution in [3.63, 3.8) is 0 Å². The summed E-state index contributed by atoms with van der Waals surface area (Å²) in [6.07, 6.45) is 1.94. The fourth-order valence-electron chi connectivity index (χ4n) is 3.28. The predicted octanol–water partition coefficient (Wildman–Crippen LogP) is 3.54. The Morgan fingerprint density at radius 1 is 1.22 bits per heavy atom. The number of para-hydroxylation sites is 1. The molecular weight excluding hydrogens is 304 g/mol. The van der Waals surface area contributed by atoms with Gasteiger partial charge >= 0.3 is 0 Å². The standard InChI is InChI=1S/C18H20N4S/c1-12-5-3-4-6-16(12)22-10-13(2)20-15(11-22)17-19-9-14-7-8-23-18(14)21-17/h3-9,13,15,20H,10-11H2,1-2H3. The van der Waals surface area contributed by atoms with Gasteiger partial charge in [0.1, 0.15) is 10.7 Å². The molecule has 118 valence electrons. The lowest BCUT2D eigenvalue weighted by atomic mass is 10.1. The Morgan fingerprint density at radius 2 is 2.09 bits per heavy atom. The number of rotatable bonds is 2. The summed E-state index contributed by atoms with van der Waals surface area (Å²) in [5.41, 5.74) is 2.62. The van der Waals surface area contributed by atoms with Gasteiger partial charge in [0.2, 0.25) is 0 Å². The van der Waals surface area contributed by atoms with Gasteiger partial charge in [-0.15, -0.1) is 11.3 Å². The van der Waals surface area contributed by atoms with Crippen molar-refractivity contribution in [1.29, 1.82) is 0 Å². The molecule has 4 nitrogen and oxygen atoms in total. The molecule has 1 aliphatic heterocycles. The zero-order valence-corrected chi connectivity index (χ0v) is 14.2. The van der Waals surface area contributed by atoms with Gasteiger partial charge in [-0.05, 0) is 36.9 Å². The second kappa shape index (κ2) is 5.91. The number of thiophene rings is 1. The van der Waals surface area contributed by atoms with Gasteiger partial charge in [0, 0.05) is 36.4 Å². The Morgan fingerprint density at radius 3 is 2.96 bits per heavy atom. The number of anilines is 1. The largest absolute Gasteiger partial charge is 0.368 e. The van der Waals surface area contributed by atoms with Gasteiger partial charge in [-0.1, -0.05) is 18.2 Å². The van der Waals surface area contributed by atoms with E-state index in [2.05, 4.69) is 64.8 Å². The van der Waals surface area contributed by atoms with Crippen molar-refractivity contribution in [1.82, 2.24) is 15.3 Å². The van der Waals surface area contributed by atoms with Crippen LogP contribution in [0.2, 0.25) is 0 Å². The lowest BCUT2D eigenvalue weighted by Gasteiger charge is -2.39. The topological polar surface area (TPSA) is 41.0 Å². The summed E-state index contributed by atoms with van der Waals surface area (Å²) >= 11 is 1.67. The molecule has 2 atom stereocenters. The van der Waals surface area contributed by atoms with Crippen LogP contribution in [-0.4, -0.2) is 29.1 Å². The van der Waals surface area contributed by atoms with Gasteiger partial charge in [-0.3, -0.25) is 0 Å². The van der Waals surface area contributed by atoms with Crippen molar-refractivity contribution in [2.24, 2.45) is 0 Å². The number of nitrogens with zero attached hydrogens (tertiary/aromatic N) is 3. The lowest BCUT2D eigenvalue weighted by molar-refractivity contribution is 0.384. The molecule has 0 aliphatic carbocycles. The monoisotopic (exact) mass is 324 g/mol. The number of hydrogen-bond acceptors (Lipinski definition) is 5. The minimum absolute atomic E-state index is 0.157. The fraction of sp³-hybridized carbons (Fsp3) is 0.333. The van der Waals surface area contributed by atoms with Crippen molar-refractivity contribution < 1.29 is 0 Å². The summed E-state index contributed by atoms with van der Waals surface area (Å²) in [5, 5.41) is 6.84. The summed E-state index contributed by atoms with van der Waals surface area (Å²) in [5.74, 6) is 0.894. The van der Waals surface area contributed by atoms with Gasteiger partial charge in [0.25, 0.3) is 0 Å². The summed E-state index contributed by atoms with van der Waals surface area (Å²) in [6.45, 7) is 6.29. The van der Waals surface area contributed by atoms with Crippen LogP contribution in [0.5, 0.6) is 0 Å². The number of benzene rings is 1. The molecule has 1 saturated heterocycles. The molecule has 2 aromatic heterocycles. The van der Waals surface area contributed by atoms with Crippen LogP contribution in [-0.2, 0) is 0 Å². The number of aryl methyl sites for hydroxylation is 1. The summed E-state index contributed by atoms with van der Waals surface area (Å²) in [6, 6.07) is 11.2. The Kier molecular flexibility index (Phi) is 3.75. The number of nitrogens with one attached hydrogen (secondary N) is 1. The van der Waals surface area contributed by atoms with Crippen LogP contribution in [0.25, 0.3) is 10.2 Å². The van der Waals surface area contributed by atoms with Crippen LogP contribution in [0.4, 0.5) is 5.69 Å². The van der Waals surface area contributed by atoms with E-state index in [9.17, 15) is 0 Å². The van der Waals surface area contributed by atoms with Crippen molar-refractivity contribution >= 4 is 27.2 Å². The van der Waals surface area contributed by atoms with E-state index < -0.39 is 0 Å². The van der Waals surface area contributed by atoms with E-state index in [4.69, 9.17) is 4.98 Å². The van der Waals surface area contributed by atoms with Crippen LogP contribution in [0.1, 0.15) is 24.4 Å². The van der Waals surface area contributed by atoms with Crippen LogP contribution >= 0.6 is 11.3 Å². The van der Waals surface area contributed by atoms with Gasteiger partial charge < -0.3 is 10.2 Å². The molecule has 5 heteroatoms. The molecule has 0 amide bonds. The van der Waals surface area contributed by atoms with Gasteiger partial charge in [0.15, 0.2) is 0 Å². The molecule has 3 aromatic rings. The van der Waals surface area contributed by atoms with Crippen LogP contribution < -0.4 is 10.2 Å². The van der Waals surface area contributed by atoms with E-state index >= 15 is 0 Å². The minimum atomic E-state index is 0.157. The van der Waals surface area contributed by atoms with Crippen LogP contribution in [0.15, 0.2) is 41.9 Å². The maximum atomic E-state index is 4.76. The Labute approximate surface area is 140 Å². The first-order chi connectivity index (χ1) is 11.2. The lowest BCUT2D eigenvalue weighted by Crippen LogP contribution is -2.51. The van der Waals surface area contributed by atoms with E-state index in [0.29, 0.717) is 6.04 Å². The van der Waals surface area contributed by atoms with E-state index in [1.807, 2.05) is 6.20 Å². The van der Waals surface area contributed by atoms with Crippen molar-refractivity contribution in [3.8, 4) is 0 Å². The van der Waals surface area contributed by atoms with E-state index in [0.717, 1.165) is 29.1 Å². The SMILES string of the molecule is Cc1ccccc1N1CC(C)NC(c2ncc3ccsc3n2)C1. The molecule has 1 N–H and O–H groups in total. The number of piperazine rings is 1. The molecule has 0 radical (unpaired) electrons. The van der Waals surface area contributed by atoms with Gasteiger partial charge in [0.05, 0.1) is 6.04 Å². The molecule has 2 unspecified atom stereocenters. The van der Waals surface area contributed by atoms with Crippen molar-refractivity contribution in [2.45, 2.75) is 25.9 Å². The minimum Gasteiger partial charge on any atom is -0.368 e. The highest BCUT2D eigenvalue weighted by atomic mass is 32.1. The third-order valence-corrected chi connectivity index (χ3v) is 5.20. The Balaban J connectivity index is 1.65. The zero-order valence-electron chi connectivity index (χ0n) is 13.4. The number of aromatic nitrogens is 2. The maximum absolute atomic E-state index is 4.76. The molecule has 1 aliphatic rings. The number of hydrogen-bond donors (Lipinski definition) is 1. The predicted molar refractivity (Wildman–Crippen MR) is 96.1 cm³/mol. The molecule has 23 heavy (non-hydrogen) atoms. The highest BCUT2D eigenvalue weighted by molar-refractivity contribution is 7.16. The first-order valence-electron chi connectivity index (χ1n) is 7.97. The average molecular weight is 324 g/mol. The molecule has 1 aromatic carbocycles. The normalized spacial score (nSPS) is 21.7. The smallest absolute Gasteiger partial charge is 0.148 e.